The van der Waals surface area contributed by atoms with Crippen molar-refractivity contribution in [2.45, 2.75) is 32.2 Å². The average Bonchev–Trinajstić information content (AvgIpc) is 2.59. The summed E-state index contributed by atoms with van der Waals surface area (Å²) in [5.74, 6) is 0. The Bertz CT molecular complexity index is 510. The number of aromatic nitrogens is 1. The molecule has 1 unspecified atom stereocenters. The molecule has 1 aliphatic carbocycles. The van der Waals surface area contributed by atoms with E-state index in [1.807, 2.05) is 0 Å². The number of para-hydroxylation sites is 1. The van der Waals surface area contributed by atoms with Crippen LogP contribution in [0.1, 0.15) is 35.7 Å². The molecule has 2 heteroatoms. The van der Waals surface area contributed by atoms with Crippen LogP contribution in [0.4, 0.5) is 0 Å². The molecule has 1 aromatic carbocycles. The Morgan fingerprint density at radius 3 is 3.13 bits per heavy atom. The van der Waals surface area contributed by atoms with Gasteiger partial charge in [0, 0.05) is 22.6 Å². The summed E-state index contributed by atoms with van der Waals surface area (Å²) in [6.07, 6.45) is 3.48. The van der Waals surface area contributed by atoms with E-state index in [1.165, 1.54) is 34.1 Å². The molecule has 0 amide bonds. The number of rotatable bonds is 0. The van der Waals surface area contributed by atoms with E-state index in [2.05, 4.69) is 30.1 Å². The summed E-state index contributed by atoms with van der Waals surface area (Å²) in [7, 11) is 0. The molecule has 0 saturated carbocycles. The number of nitrogens with one attached hydrogen (secondary N) is 1. The van der Waals surface area contributed by atoms with E-state index in [9.17, 15) is 0 Å². The first-order valence-corrected chi connectivity index (χ1v) is 5.63. The number of hydrogen-bond acceptors (Lipinski definition) is 1. The number of aromatic amines is 1. The van der Waals surface area contributed by atoms with Gasteiger partial charge >= 0.3 is 0 Å². The predicted molar refractivity (Wildman–Crippen MR) is 62.9 cm³/mol. The molecule has 2 nitrogen and oxygen atoms in total. The van der Waals surface area contributed by atoms with Crippen LogP contribution in [0.25, 0.3) is 10.9 Å². The molecule has 0 fully saturated rings. The van der Waals surface area contributed by atoms with Crippen LogP contribution in [0.2, 0.25) is 0 Å². The van der Waals surface area contributed by atoms with Gasteiger partial charge in [0.2, 0.25) is 0 Å². The van der Waals surface area contributed by atoms with Gasteiger partial charge in [-0.3, -0.25) is 0 Å². The maximum Gasteiger partial charge on any atom is 0.0489 e. The van der Waals surface area contributed by atoms with Crippen LogP contribution in [0.5, 0.6) is 0 Å². The zero-order valence-electron chi connectivity index (χ0n) is 9.01. The van der Waals surface area contributed by atoms with E-state index < -0.39 is 0 Å². The molecule has 1 aromatic heterocycles. The average molecular weight is 200 g/mol. The normalized spacial score (nSPS) is 20.5. The topological polar surface area (TPSA) is 41.8 Å². The summed E-state index contributed by atoms with van der Waals surface area (Å²) in [6.45, 7) is 2.15. The Balaban J connectivity index is 2.36. The zero-order valence-corrected chi connectivity index (χ0v) is 9.01. The van der Waals surface area contributed by atoms with Gasteiger partial charge in [-0.05, 0) is 37.3 Å². The Labute approximate surface area is 89.5 Å². The summed E-state index contributed by atoms with van der Waals surface area (Å²) in [5, 5.41) is 1.33. The molecule has 0 radical (unpaired) electrons. The van der Waals surface area contributed by atoms with Crippen molar-refractivity contribution < 1.29 is 0 Å². The molecular weight excluding hydrogens is 184 g/mol. The smallest absolute Gasteiger partial charge is 0.0489 e. The first-order valence-electron chi connectivity index (χ1n) is 5.63. The number of benzene rings is 1. The van der Waals surface area contributed by atoms with E-state index in [1.54, 1.807) is 0 Å². The second-order valence-corrected chi connectivity index (χ2v) is 4.51. The third kappa shape index (κ3) is 1.21. The Morgan fingerprint density at radius 1 is 1.40 bits per heavy atom. The van der Waals surface area contributed by atoms with Gasteiger partial charge in [0.1, 0.15) is 0 Å². The van der Waals surface area contributed by atoms with Crippen LogP contribution in [0.3, 0.4) is 0 Å². The van der Waals surface area contributed by atoms with Gasteiger partial charge in [-0.1, -0.05) is 18.2 Å². The van der Waals surface area contributed by atoms with Crippen LogP contribution in [0, 0.1) is 6.92 Å². The van der Waals surface area contributed by atoms with Gasteiger partial charge < -0.3 is 10.7 Å². The SMILES string of the molecule is Cc1cccc2c3c([nH]c12)CCCC3N. The molecule has 0 saturated heterocycles. The van der Waals surface area contributed by atoms with Crippen molar-refractivity contribution in [2.24, 2.45) is 5.73 Å². The lowest BCUT2D eigenvalue weighted by atomic mass is 9.91. The molecule has 1 heterocycles. The lowest BCUT2D eigenvalue weighted by Gasteiger charge is -2.18. The van der Waals surface area contributed by atoms with Gasteiger partial charge in [-0.25, -0.2) is 0 Å². The largest absolute Gasteiger partial charge is 0.358 e. The maximum absolute atomic E-state index is 6.19. The fraction of sp³-hybridized carbons (Fsp3) is 0.385. The van der Waals surface area contributed by atoms with E-state index in [-0.39, 0.29) is 6.04 Å². The third-order valence-corrected chi connectivity index (χ3v) is 3.48. The highest BCUT2D eigenvalue weighted by atomic mass is 14.8. The molecule has 3 rings (SSSR count). The fourth-order valence-electron chi connectivity index (χ4n) is 2.70. The minimum Gasteiger partial charge on any atom is -0.358 e. The Morgan fingerprint density at radius 2 is 2.27 bits per heavy atom. The lowest BCUT2D eigenvalue weighted by molar-refractivity contribution is 0.569. The number of hydrogen-bond donors (Lipinski definition) is 2. The molecule has 15 heavy (non-hydrogen) atoms. The van der Waals surface area contributed by atoms with Gasteiger partial charge in [0.05, 0.1) is 0 Å². The zero-order chi connectivity index (χ0) is 10.4. The van der Waals surface area contributed by atoms with Crippen molar-refractivity contribution in [3.8, 4) is 0 Å². The van der Waals surface area contributed by atoms with Crippen LogP contribution in [-0.4, -0.2) is 4.98 Å². The highest BCUT2D eigenvalue weighted by Crippen LogP contribution is 2.34. The van der Waals surface area contributed by atoms with E-state index in [4.69, 9.17) is 5.73 Å². The van der Waals surface area contributed by atoms with Crippen molar-refractivity contribution in [1.82, 2.24) is 4.98 Å². The standard InChI is InChI=1S/C13H16N2/c1-8-4-2-5-9-12-10(14)6-3-7-11(12)15-13(8)9/h2,4-5,10,15H,3,6-7,14H2,1H3. The lowest BCUT2D eigenvalue weighted by Crippen LogP contribution is -2.16. The molecule has 0 aliphatic heterocycles. The highest BCUT2D eigenvalue weighted by molar-refractivity contribution is 5.87. The first kappa shape index (κ1) is 8.98. The van der Waals surface area contributed by atoms with E-state index >= 15 is 0 Å². The molecule has 0 spiro atoms. The van der Waals surface area contributed by atoms with E-state index in [0.717, 1.165) is 12.8 Å². The van der Waals surface area contributed by atoms with Gasteiger partial charge in [0.25, 0.3) is 0 Å². The van der Waals surface area contributed by atoms with Crippen LogP contribution in [-0.2, 0) is 6.42 Å². The minimum absolute atomic E-state index is 0.226. The third-order valence-electron chi connectivity index (χ3n) is 3.48. The second-order valence-electron chi connectivity index (χ2n) is 4.51. The summed E-state index contributed by atoms with van der Waals surface area (Å²) in [4.78, 5) is 3.53. The van der Waals surface area contributed by atoms with Crippen molar-refractivity contribution in [1.29, 1.82) is 0 Å². The number of H-pyrrole nitrogens is 1. The predicted octanol–water partition coefficient (Wildman–Crippen LogP) is 2.81. The molecular formula is C13H16N2. The van der Waals surface area contributed by atoms with Crippen LogP contribution < -0.4 is 5.73 Å². The van der Waals surface area contributed by atoms with Crippen molar-refractivity contribution >= 4 is 10.9 Å². The van der Waals surface area contributed by atoms with Gasteiger partial charge in [0.15, 0.2) is 0 Å². The van der Waals surface area contributed by atoms with Gasteiger partial charge in [-0.2, -0.15) is 0 Å². The summed E-state index contributed by atoms with van der Waals surface area (Å²) < 4.78 is 0. The Kier molecular flexibility index (Phi) is 1.86. The second kappa shape index (κ2) is 3.11. The molecule has 3 N–H and O–H groups in total. The minimum atomic E-state index is 0.226. The summed E-state index contributed by atoms with van der Waals surface area (Å²) in [5.41, 5.74) is 11.5. The van der Waals surface area contributed by atoms with Gasteiger partial charge in [-0.15, -0.1) is 0 Å². The first-order chi connectivity index (χ1) is 7.27. The molecule has 1 atom stereocenters. The van der Waals surface area contributed by atoms with Crippen molar-refractivity contribution in [2.75, 3.05) is 0 Å². The summed E-state index contributed by atoms with van der Waals surface area (Å²) >= 11 is 0. The molecule has 2 aromatic rings. The number of nitrogens with two attached hydrogens (primary N) is 1. The monoisotopic (exact) mass is 200 g/mol. The Hall–Kier alpha value is -1.28. The highest BCUT2D eigenvalue weighted by Gasteiger charge is 2.21. The van der Waals surface area contributed by atoms with Crippen molar-refractivity contribution in [3.63, 3.8) is 0 Å². The number of aryl methyl sites for hydroxylation is 2. The quantitative estimate of drug-likeness (QED) is 0.674. The summed E-state index contributed by atoms with van der Waals surface area (Å²) in [6, 6.07) is 6.68. The molecule has 0 bridgehead atoms. The fourth-order valence-corrected chi connectivity index (χ4v) is 2.70. The van der Waals surface area contributed by atoms with Crippen LogP contribution >= 0.6 is 0 Å². The molecule has 1 aliphatic rings. The maximum atomic E-state index is 6.19. The van der Waals surface area contributed by atoms with E-state index in [0.29, 0.717) is 0 Å². The molecule has 78 valence electrons. The van der Waals surface area contributed by atoms with Crippen LogP contribution in [0.15, 0.2) is 18.2 Å². The van der Waals surface area contributed by atoms with Crippen molar-refractivity contribution in [3.05, 3.63) is 35.0 Å². The number of fused-ring (bicyclic) bond motifs is 3.